The Morgan fingerprint density at radius 2 is 1.88 bits per heavy atom. The number of Topliss-reactive ketones (excluding diaryl/α,β-unsaturated/α-hetero) is 1. The van der Waals surface area contributed by atoms with Crippen molar-refractivity contribution >= 4 is 5.78 Å². The third-order valence-corrected chi connectivity index (χ3v) is 4.73. The Hall–Kier alpha value is -0.370. The fraction of sp³-hybridized carbons (Fsp3) is 0.933. The van der Waals surface area contributed by atoms with E-state index in [1.165, 1.54) is 32.1 Å². The molecule has 0 heterocycles. The van der Waals surface area contributed by atoms with Gasteiger partial charge in [0.15, 0.2) is 0 Å². The number of rotatable bonds is 3. The van der Waals surface area contributed by atoms with Crippen molar-refractivity contribution in [2.45, 2.75) is 64.3 Å². The van der Waals surface area contributed by atoms with Crippen molar-refractivity contribution in [1.29, 1.82) is 0 Å². The van der Waals surface area contributed by atoms with Crippen LogP contribution in [-0.2, 0) is 4.79 Å². The quantitative estimate of drug-likeness (QED) is 0.751. The number of carbonyl (C=O) groups excluding carboxylic acids is 1. The lowest BCUT2D eigenvalue weighted by atomic mass is 9.81. The summed E-state index contributed by atoms with van der Waals surface area (Å²) in [6.07, 6.45) is 9.90. The maximum absolute atomic E-state index is 11.9. The van der Waals surface area contributed by atoms with Crippen LogP contribution < -0.4 is 0 Å². The van der Waals surface area contributed by atoms with Crippen LogP contribution in [0.3, 0.4) is 0 Å². The maximum atomic E-state index is 11.9. The van der Waals surface area contributed by atoms with Crippen LogP contribution in [0.4, 0.5) is 0 Å². The van der Waals surface area contributed by atoms with E-state index in [9.17, 15) is 4.79 Å². The molecule has 0 aliphatic heterocycles. The van der Waals surface area contributed by atoms with Crippen molar-refractivity contribution in [2.75, 3.05) is 13.6 Å². The summed E-state index contributed by atoms with van der Waals surface area (Å²) in [4.78, 5) is 14.4. The molecular formula is C15H27NO. The first kappa shape index (κ1) is 13.1. The molecule has 2 saturated carbocycles. The van der Waals surface area contributed by atoms with Crippen molar-refractivity contribution in [1.82, 2.24) is 4.90 Å². The molecule has 2 rings (SSSR count). The Morgan fingerprint density at radius 1 is 1.18 bits per heavy atom. The molecule has 17 heavy (non-hydrogen) atoms. The van der Waals surface area contributed by atoms with E-state index in [1.54, 1.807) is 0 Å². The van der Waals surface area contributed by atoms with E-state index in [4.69, 9.17) is 0 Å². The van der Waals surface area contributed by atoms with Gasteiger partial charge >= 0.3 is 0 Å². The highest BCUT2D eigenvalue weighted by atomic mass is 16.1. The molecule has 2 atom stereocenters. The predicted octanol–water partition coefficient (Wildman–Crippen LogP) is 3.26. The van der Waals surface area contributed by atoms with Crippen LogP contribution in [0.1, 0.15) is 58.3 Å². The Balaban J connectivity index is 1.83. The van der Waals surface area contributed by atoms with Gasteiger partial charge < -0.3 is 4.90 Å². The summed E-state index contributed by atoms with van der Waals surface area (Å²) in [6.45, 7) is 3.30. The third kappa shape index (κ3) is 3.54. The van der Waals surface area contributed by atoms with E-state index in [0.717, 1.165) is 37.8 Å². The van der Waals surface area contributed by atoms with E-state index < -0.39 is 0 Å². The topological polar surface area (TPSA) is 20.3 Å². The van der Waals surface area contributed by atoms with Crippen LogP contribution in [0.2, 0.25) is 0 Å². The second kappa shape index (κ2) is 5.99. The molecule has 98 valence electrons. The molecule has 0 radical (unpaired) electrons. The summed E-state index contributed by atoms with van der Waals surface area (Å²) in [7, 11) is 2.22. The number of hydrogen-bond acceptors (Lipinski definition) is 2. The molecule has 0 aromatic carbocycles. The van der Waals surface area contributed by atoms with E-state index in [1.807, 2.05) is 0 Å². The number of ketones is 1. The minimum absolute atomic E-state index is 0.325. The molecule has 0 aromatic heterocycles. The van der Waals surface area contributed by atoms with E-state index in [2.05, 4.69) is 18.9 Å². The van der Waals surface area contributed by atoms with Crippen LogP contribution in [0.5, 0.6) is 0 Å². The molecule has 2 unspecified atom stereocenters. The zero-order valence-electron chi connectivity index (χ0n) is 11.5. The van der Waals surface area contributed by atoms with Gasteiger partial charge in [0.05, 0.1) is 0 Å². The second-order valence-corrected chi connectivity index (χ2v) is 6.27. The van der Waals surface area contributed by atoms with Crippen molar-refractivity contribution in [3.05, 3.63) is 0 Å². The van der Waals surface area contributed by atoms with Crippen molar-refractivity contribution in [2.24, 2.45) is 11.8 Å². The highest BCUT2D eigenvalue weighted by Gasteiger charge is 2.29. The van der Waals surface area contributed by atoms with Gasteiger partial charge in [-0.2, -0.15) is 0 Å². The largest absolute Gasteiger partial charge is 0.303 e. The smallest absolute Gasteiger partial charge is 0.137 e. The lowest BCUT2D eigenvalue weighted by molar-refractivity contribution is -0.126. The highest BCUT2D eigenvalue weighted by Crippen LogP contribution is 2.28. The van der Waals surface area contributed by atoms with E-state index in [-0.39, 0.29) is 0 Å². The first-order valence-electron chi connectivity index (χ1n) is 7.39. The fourth-order valence-corrected chi connectivity index (χ4v) is 3.52. The number of hydrogen-bond donors (Lipinski definition) is 0. The molecule has 2 aliphatic carbocycles. The van der Waals surface area contributed by atoms with E-state index >= 15 is 0 Å². The molecule has 0 amide bonds. The monoisotopic (exact) mass is 237 g/mol. The maximum Gasteiger partial charge on any atom is 0.137 e. The van der Waals surface area contributed by atoms with Gasteiger partial charge in [-0.3, -0.25) is 4.79 Å². The van der Waals surface area contributed by atoms with Crippen LogP contribution in [-0.4, -0.2) is 30.3 Å². The molecule has 2 nitrogen and oxygen atoms in total. The van der Waals surface area contributed by atoms with Gasteiger partial charge in [0.25, 0.3) is 0 Å². The summed E-state index contributed by atoms with van der Waals surface area (Å²) in [5, 5.41) is 0. The Kier molecular flexibility index (Phi) is 4.61. The van der Waals surface area contributed by atoms with Gasteiger partial charge in [0.2, 0.25) is 0 Å². The minimum atomic E-state index is 0.325. The fourth-order valence-electron chi connectivity index (χ4n) is 3.52. The first-order valence-corrected chi connectivity index (χ1v) is 7.39. The summed E-state index contributed by atoms with van der Waals surface area (Å²) in [5.74, 6) is 1.59. The van der Waals surface area contributed by atoms with Crippen molar-refractivity contribution in [3.8, 4) is 0 Å². The van der Waals surface area contributed by atoms with Crippen molar-refractivity contribution < 1.29 is 4.79 Å². The molecule has 0 bridgehead atoms. The standard InChI is InChI=1S/C15H27NO/c1-12-8-9-15(17)13(10-12)11-16(2)14-6-4-3-5-7-14/h12-14H,3-11H2,1-2H3. The zero-order chi connectivity index (χ0) is 12.3. The molecule has 0 N–H and O–H groups in total. The molecule has 0 saturated heterocycles. The summed E-state index contributed by atoms with van der Waals surface area (Å²) >= 11 is 0. The van der Waals surface area contributed by atoms with Gasteiger partial charge in [-0.1, -0.05) is 26.2 Å². The average Bonchev–Trinajstić information content (AvgIpc) is 2.35. The highest BCUT2D eigenvalue weighted by molar-refractivity contribution is 5.81. The summed E-state index contributed by atoms with van der Waals surface area (Å²) in [6, 6.07) is 0.744. The van der Waals surface area contributed by atoms with Gasteiger partial charge in [-0.05, 0) is 38.6 Å². The summed E-state index contributed by atoms with van der Waals surface area (Å²) < 4.78 is 0. The average molecular weight is 237 g/mol. The predicted molar refractivity (Wildman–Crippen MR) is 71.0 cm³/mol. The van der Waals surface area contributed by atoms with Crippen LogP contribution in [0.25, 0.3) is 0 Å². The van der Waals surface area contributed by atoms with Gasteiger partial charge in [-0.15, -0.1) is 0 Å². The van der Waals surface area contributed by atoms with Crippen LogP contribution in [0.15, 0.2) is 0 Å². The normalized spacial score (nSPS) is 32.1. The molecular weight excluding hydrogens is 210 g/mol. The molecule has 2 aliphatic rings. The number of nitrogens with zero attached hydrogens (tertiary/aromatic N) is 1. The Labute approximate surface area is 106 Å². The molecule has 0 spiro atoms. The van der Waals surface area contributed by atoms with Gasteiger partial charge in [0.1, 0.15) is 5.78 Å². The Morgan fingerprint density at radius 3 is 2.59 bits per heavy atom. The van der Waals surface area contributed by atoms with Crippen molar-refractivity contribution in [3.63, 3.8) is 0 Å². The Bertz CT molecular complexity index is 258. The minimum Gasteiger partial charge on any atom is -0.303 e. The lowest BCUT2D eigenvalue weighted by Crippen LogP contribution is -2.40. The van der Waals surface area contributed by atoms with Crippen LogP contribution >= 0.6 is 0 Å². The third-order valence-electron chi connectivity index (χ3n) is 4.73. The van der Waals surface area contributed by atoms with Crippen LogP contribution in [0, 0.1) is 11.8 Å². The summed E-state index contributed by atoms with van der Waals surface area (Å²) in [5.41, 5.74) is 0. The first-order chi connectivity index (χ1) is 8.16. The number of carbonyl (C=O) groups is 1. The van der Waals surface area contributed by atoms with Gasteiger partial charge in [-0.25, -0.2) is 0 Å². The van der Waals surface area contributed by atoms with Gasteiger partial charge in [0, 0.05) is 24.9 Å². The van der Waals surface area contributed by atoms with E-state index in [0.29, 0.717) is 11.7 Å². The molecule has 2 heteroatoms. The lowest BCUT2D eigenvalue weighted by Gasteiger charge is -2.35. The SMILES string of the molecule is CC1CCC(=O)C(CN(C)C2CCCCC2)C1. The molecule has 2 fully saturated rings. The molecule has 0 aromatic rings. The second-order valence-electron chi connectivity index (χ2n) is 6.27. The zero-order valence-corrected chi connectivity index (χ0v) is 11.5.